The van der Waals surface area contributed by atoms with Crippen molar-refractivity contribution in [3.05, 3.63) is 152 Å². The van der Waals surface area contributed by atoms with E-state index in [0.717, 1.165) is 27.6 Å². The van der Waals surface area contributed by atoms with Crippen LogP contribution in [0.3, 0.4) is 0 Å². The molecule has 0 bridgehead atoms. The summed E-state index contributed by atoms with van der Waals surface area (Å²) >= 11 is 1.87. The summed E-state index contributed by atoms with van der Waals surface area (Å²) in [5.74, 6) is 0. The number of nitrogens with zero attached hydrogens (tertiary/aromatic N) is 1. The minimum Gasteiger partial charge on any atom is -0.456 e. The molecule has 0 aliphatic heterocycles. The summed E-state index contributed by atoms with van der Waals surface area (Å²) in [5.41, 5.74) is 10.2. The van der Waals surface area contributed by atoms with E-state index in [1.807, 2.05) is 23.5 Å². The molecule has 3 heteroatoms. The van der Waals surface area contributed by atoms with Crippen LogP contribution in [0.2, 0.25) is 0 Å². The molecular weight excluding hydrogens is 567 g/mol. The van der Waals surface area contributed by atoms with Gasteiger partial charge in [-0.3, -0.25) is 0 Å². The molecule has 0 spiro atoms. The predicted molar refractivity (Wildman–Crippen MR) is 192 cm³/mol. The molecule has 0 N–H and O–H groups in total. The Bertz CT molecular complexity index is 2760. The maximum atomic E-state index is 6.18. The van der Waals surface area contributed by atoms with Crippen molar-refractivity contribution in [3.8, 4) is 27.9 Å². The lowest BCUT2D eigenvalue weighted by Crippen LogP contribution is -1.94. The minimum atomic E-state index is 0.907. The molecule has 0 atom stereocenters. The zero-order chi connectivity index (χ0) is 29.5. The number of benzene rings is 7. The van der Waals surface area contributed by atoms with Crippen LogP contribution >= 0.6 is 11.3 Å². The molecule has 0 fully saturated rings. The molecule has 0 amide bonds. The Kier molecular flexibility index (Phi) is 5.19. The van der Waals surface area contributed by atoms with Gasteiger partial charge in [0.05, 0.1) is 11.0 Å². The monoisotopic (exact) mass is 591 g/mol. The van der Waals surface area contributed by atoms with E-state index >= 15 is 0 Å². The van der Waals surface area contributed by atoms with Gasteiger partial charge < -0.3 is 8.98 Å². The topological polar surface area (TPSA) is 18.1 Å². The van der Waals surface area contributed by atoms with E-state index in [2.05, 4.69) is 144 Å². The lowest BCUT2D eigenvalue weighted by Gasteiger charge is -2.10. The van der Waals surface area contributed by atoms with Crippen LogP contribution in [0.15, 0.2) is 156 Å². The van der Waals surface area contributed by atoms with Crippen molar-refractivity contribution in [2.24, 2.45) is 0 Å². The van der Waals surface area contributed by atoms with Crippen LogP contribution in [-0.4, -0.2) is 4.57 Å². The zero-order valence-corrected chi connectivity index (χ0v) is 25.0. The van der Waals surface area contributed by atoms with Crippen LogP contribution in [-0.2, 0) is 0 Å². The molecule has 0 aliphatic rings. The first-order valence-electron chi connectivity index (χ1n) is 15.3. The van der Waals surface area contributed by atoms with E-state index in [0.29, 0.717) is 0 Å². The Morgan fingerprint density at radius 3 is 1.98 bits per heavy atom. The van der Waals surface area contributed by atoms with Crippen molar-refractivity contribution in [2.75, 3.05) is 0 Å². The minimum absolute atomic E-state index is 0.907. The SMILES string of the molecule is c1ccc(-c2ccc3c4cc(-c5ccc6c(c5)sc5ccccc56)ccc4n(-c4ccc5oc6ccccc6c5c4)c3c2)cc1. The molecule has 0 saturated carbocycles. The molecule has 2 nitrogen and oxygen atoms in total. The van der Waals surface area contributed by atoms with Crippen LogP contribution in [0.25, 0.3) is 91.9 Å². The lowest BCUT2D eigenvalue weighted by molar-refractivity contribution is 0.669. The van der Waals surface area contributed by atoms with E-state index in [9.17, 15) is 0 Å². The number of rotatable bonds is 3. The summed E-state index contributed by atoms with van der Waals surface area (Å²) < 4.78 is 11.3. The molecule has 10 rings (SSSR count). The zero-order valence-electron chi connectivity index (χ0n) is 24.2. The fourth-order valence-corrected chi connectivity index (χ4v) is 8.19. The second kappa shape index (κ2) is 9.43. The van der Waals surface area contributed by atoms with Gasteiger partial charge in [-0.1, -0.05) is 97.1 Å². The van der Waals surface area contributed by atoms with Gasteiger partial charge in [0.25, 0.3) is 0 Å². The molecule has 3 aromatic heterocycles. The maximum absolute atomic E-state index is 6.18. The third kappa shape index (κ3) is 3.75. The number of para-hydroxylation sites is 1. The van der Waals surface area contributed by atoms with Gasteiger partial charge >= 0.3 is 0 Å². The molecular formula is C42H25NOS. The van der Waals surface area contributed by atoms with E-state index in [1.54, 1.807) is 0 Å². The van der Waals surface area contributed by atoms with E-state index in [1.165, 1.54) is 64.2 Å². The van der Waals surface area contributed by atoms with Crippen LogP contribution < -0.4 is 0 Å². The van der Waals surface area contributed by atoms with Gasteiger partial charge in [-0.15, -0.1) is 11.3 Å². The average Bonchev–Trinajstić information content (AvgIpc) is 3.76. The average molecular weight is 592 g/mol. The lowest BCUT2D eigenvalue weighted by atomic mass is 10.0. The number of hydrogen-bond acceptors (Lipinski definition) is 2. The molecule has 0 saturated heterocycles. The highest BCUT2D eigenvalue weighted by molar-refractivity contribution is 7.25. The first-order valence-corrected chi connectivity index (χ1v) is 16.1. The van der Waals surface area contributed by atoms with Crippen LogP contribution in [0.4, 0.5) is 0 Å². The summed E-state index contributed by atoms with van der Waals surface area (Å²) in [6.45, 7) is 0. The Morgan fingerprint density at radius 2 is 1.07 bits per heavy atom. The van der Waals surface area contributed by atoms with Crippen LogP contribution in [0.1, 0.15) is 0 Å². The van der Waals surface area contributed by atoms with Crippen LogP contribution in [0, 0.1) is 0 Å². The summed E-state index contributed by atoms with van der Waals surface area (Å²) in [7, 11) is 0. The molecule has 0 unspecified atom stereocenters. The Hall–Kier alpha value is -5.64. The van der Waals surface area contributed by atoms with Crippen molar-refractivity contribution in [1.82, 2.24) is 4.57 Å². The molecule has 7 aromatic carbocycles. The van der Waals surface area contributed by atoms with Crippen molar-refractivity contribution in [3.63, 3.8) is 0 Å². The fourth-order valence-electron chi connectivity index (χ4n) is 7.05. The third-order valence-electron chi connectivity index (χ3n) is 9.20. The molecule has 210 valence electrons. The van der Waals surface area contributed by atoms with Crippen molar-refractivity contribution in [2.45, 2.75) is 0 Å². The Labute approximate surface area is 263 Å². The predicted octanol–water partition coefficient (Wildman–Crippen LogP) is 12.4. The summed E-state index contributed by atoms with van der Waals surface area (Å²) in [6.07, 6.45) is 0. The number of fused-ring (bicyclic) bond motifs is 9. The number of aromatic nitrogens is 1. The third-order valence-corrected chi connectivity index (χ3v) is 10.3. The molecule has 0 aliphatic carbocycles. The first-order chi connectivity index (χ1) is 22.3. The normalized spacial score (nSPS) is 12.0. The van der Waals surface area contributed by atoms with Gasteiger partial charge in [-0.05, 0) is 76.9 Å². The number of thiophene rings is 1. The van der Waals surface area contributed by atoms with Crippen molar-refractivity contribution < 1.29 is 4.42 Å². The fraction of sp³-hybridized carbons (Fsp3) is 0. The van der Waals surface area contributed by atoms with Gasteiger partial charge in [-0.2, -0.15) is 0 Å². The summed E-state index contributed by atoms with van der Waals surface area (Å²) in [5, 5.41) is 7.42. The van der Waals surface area contributed by atoms with Crippen molar-refractivity contribution >= 4 is 75.3 Å². The largest absolute Gasteiger partial charge is 0.456 e. The van der Waals surface area contributed by atoms with Crippen molar-refractivity contribution in [1.29, 1.82) is 0 Å². The van der Waals surface area contributed by atoms with E-state index in [4.69, 9.17) is 4.42 Å². The summed E-state index contributed by atoms with van der Waals surface area (Å²) in [4.78, 5) is 0. The second-order valence-corrected chi connectivity index (χ2v) is 12.8. The number of hydrogen-bond donors (Lipinski definition) is 0. The van der Waals surface area contributed by atoms with E-state index < -0.39 is 0 Å². The Balaban J connectivity index is 1.22. The molecule has 3 heterocycles. The highest BCUT2D eigenvalue weighted by atomic mass is 32.1. The van der Waals surface area contributed by atoms with Gasteiger partial charge in [0, 0.05) is 47.4 Å². The number of furan rings is 1. The first kappa shape index (κ1) is 24.8. The van der Waals surface area contributed by atoms with E-state index in [-0.39, 0.29) is 0 Å². The van der Waals surface area contributed by atoms with Crippen LogP contribution in [0.5, 0.6) is 0 Å². The molecule has 10 aromatic rings. The standard InChI is InChI=1S/C42H25NOS/c1-2-8-26(9-3-1)28-14-18-31-35-22-27(29-15-19-34-33-11-5-7-13-41(33)45-42(34)24-29)16-20-37(35)43(38(31)23-28)30-17-21-40-36(25-30)32-10-4-6-12-39(32)44-40/h1-25H. The highest BCUT2D eigenvalue weighted by Crippen LogP contribution is 2.40. The van der Waals surface area contributed by atoms with Gasteiger partial charge in [0.1, 0.15) is 11.2 Å². The smallest absolute Gasteiger partial charge is 0.135 e. The Morgan fingerprint density at radius 1 is 0.378 bits per heavy atom. The molecule has 0 radical (unpaired) electrons. The summed E-state index contributed by atoms with van der Waals surface area (Å²) in [6, 6.07) is 54.9. The highest BCUT2D eigenvalue weighted by Gasteiger charge is 2.17. The maximum Gasteiger partial charge on any atom is 0.135 e. The van der Waals surface area contributed by atoms with Gasteiger partial charge in [0.2, 0.25) is 0 Å². The quantitative estimate of drug-likeness (QED) is 0.200. The van der Waals surface area contributed by atoms with Gasteiger partial charge in [0.15, 0.2) is 0 Å². The molecule has 45 heavy (non-hydrogen) atoms. The van der Waals surface area contributed by atoms with Gasteiger partial charge in [-0.25, -0.2) is 0 Å². The second-order valence-electron chi connectivity index (χ2n) is 11.8.